The van der Waals surface area contributed by atoms with Crippen LogP contribution >= 0.6 is 0 Å². The van der Waals surface area contributed by atoms with Crippen molar-refractivity contribution in [2.24, 2.45) is 0 Å². The summed E-state index contributed by atoms with van der Waals surface area (Å²) in [7, 11) is 4.61. The Morgan fingerprint density at radius 3 is 2.36 bits per heavy atom. The molecule has 0 fully saturated rings. The van der Waals surface area contributed by atoms with E-state index in [0.717, 1.165) is 0 Å². The maximum absolute atomic E-state index is 12.1. The van der Waals surface area contributed by atoms with E-state index in [1.54, 1.807) is 42.5 Å². The van der Waals surface area contributed by atoms with Crippen LogP contribution in [0.5, 0.6) is 17.2 Å². The lowest BCUT2D eigenvalue weighted by Crippen LogP contribution is -2.07. The minimum Gasteiger partial charge on any atom is -0.496 e. The predicted octanol–water partition coefficient (Wildman–Crippen LogP) is 3.24. The molecule has 0 aliphatic rings. The van der Waals surface area contributed by atoms with Gasteiger partial charge in [-0.3, -0.25) is 4.79 Å². The Balaban J connectivity index is 2.20. The number of hydrogen-bond acceptors (Lipinski definition) is 5. The molecular formula is C19H18N2O4. The molecule has 0 aliphatic carbocycles. The third-order valence-electron chi connectivity index (χ3n) is 3.41. The first-order valence-electron chi connectivity index (χ1n) is 7.40. The number of benzene rings is 2. The van der Waals surface area contributed by atoms with Crippen molar-refractivity contribution in [1.29, 1.82) is 5.26 Å². The number of rotatable bonds is 6. The lowest BCUT2D eigenvalue weighted by molar-refractivity contribution is -0.111. The lowest BCUT2D eigenvalue weighted by Gasteiger charge is -2.12. The summed E-state index contributed by atoms with van der Waals surface area (Å²) in [5.74, 6) is 1.29. The van der Waals surface area contributed by atoms with Crippen molar-refractivity contribution < 1.29 is 19.0 Å². The highest BCUT2D eigenvalue weighted by atomic mass is 16.5. The fourth-order valence-corrected chi connectivity index (χ4v) is 2.20. The third kappa shape index (κ3) is 4.52. The molecule has 2 rings (SSSR count). The molecule has 6 nitrogen and oxygen atoms in total. The summed E-state index contributed by atoms with van der Waals surface area (Å²) in [6.07, 6.45) is 2.99. The second kappa shape index (κ2) is 8.41. The minimum absolute atomic E-state index is 0.327. The van der Waals surface area contributed by atoms with Gasteiger partial charge in [-0.1, -0.05) is 6.07 Å². The van der Waals surface area contributed by atoms with E-state index in [4.69, 9.17) is 19.5 Å². The van der Waals surface area contributed by atoms with Gasteiger partial charge < -0.3 is 19.5 Å². The molecular weight excluding hydrogens is 320 g/mol. The van der Waals surface area contributed by atoms with Crippen LogP contribution in [0.15, 0.2) is 42.5 Å². The fraction of sp³-hybridized carbons (Fsp3) is 0.158. The molecule has 0 aliphatic heterocycles. The van der Waals surface area contributed by atoms with E-state index < -0.39 is 0 Å². The highest BCUT2D eigenvalue weighted by Crippen LogP contribution is 2.35. The summed E-state index contributed by atoms with van der Waals surface area (Å²) in [4.78, 5) is 12.1. The van der Waals surface area contributed by atoms with Gasteiger partial charge in [-0.15, -0.1) is 0 Å². The summed E-state index contributed by atoms with van der Waals surface area (Å²) < 4.78 is 15.8. The predicted molar refractivity (Wildman–Crippen MR) is 94.9 cm³/mol. The second-order valence-corrected chi connectivity index (χ2v) is 4.96. The molecule has 0 atom stereocenters. The molecule has 2 aromatic rings. The molecule has 0 saturated heterocycles. The third-order valence-corrected chi connectivity index (χ3v) is 3.41. The van der Waals surface area contributed by atoms with Gasteiger partial charge in [0.25, 0.3) is 0 Å². The monoisotopic (exact) mass is 338 g/mol. The van der Waals surface area contributed by atoms with E-state index in [1.165, 1.54) is 27.4 Å². The Bertz CT molecular complexity index is 838. The Kier molecular flexibility index (Phi) is 6.02. The molecule has 0 radical (unpaired) electrons. The Hall–Kier alpha value is -3.46. The van der Waals surface area contributed by atoms with E-state index in [0.29, 0.717) is 34.1 Å². The fourth-order valence-electron chi connectivity index (χ4n) is 2.20. The van der Waals surface area contributed by atoms with Gasteiger partial charge in [0.05, 0.1) is 33.0 Å². The van der Waals surface area contributed by atoms with Crippen molar-refractivity contribution in [2.75, 3.05) is 26.6 Å². The van der Waals surface area contributed by atoms with Gasteiger partial charge in [-0.25, -0.2) is 0 Å². The first-order chi connectivity index (χ1) is 12.1. The molecule has 25 heavy (non-hydrogen) atoms. The van der Waals surface area contributed by atoms with Crippen LogP contribution in [0.25, 0.3) is 6.08 Å². The Morgan fingerprint density at radius 1 is 1.04 bits per heavy atom. The molecule has 1 amide bonds. The SMILES string of the molecule is COc1cc(OC)c(OC)cc1/C=C/C(=O)Nc1cccc(C#N)c1. The van der Waals surface area contributed by atoms with Crippen molar-refractivity contribution in [1.82, 2.24) is 0 Å². The summed E-state index contributed by atoms with van der Waals surface area (Å²) in [5, 5.41) is 11.6. The number of nitrogens with zero attached hydrogens (tertiary/aromatic N) is 1. The van der Waals surface area contributed by atoms with E-state index in [2.05, 4.69) is 5.32 Å². The quantitative estimate of drug-likeness (QED) is 0.818. The van der Waals surface area contributed by atoms with Crippen LogP contribution in [0.3, 0.4) is 0 Å². The van der Waals surface area contributed by atoms with Crippen molar-refractivity contribution in [2.45, 2.75) is 0 Å². The lowest BCUT2D eigenvalue weighted by atomic mass is 10.1. The van der Waals surface area contributed by atoms with Crippen LogP contribution in [0.4, 0.5) is 5.69 Å². The van der Waals surface area contributed by atoms with Crippen molar-refractivity contribution in [3.05, 3.63) is 53.6 Å². The minimum atomic E-state index is -0.327. The van der Waals surface area contributed by atoms with E-state index in [1.807, 2.05) is 6.07 Å². The summed E-state index contributed by atoms with van der Waals surface area (Å²) in [6, 6.07) is 12.1. The zero-order valence-electron chi connectivity index (χ0n) is 14.2. The second-order valence-electron chi connectivity index (χ2n) is 4.96. The molecule has 0 heterocycles. The number of amides is 1. The molecule has 0 aromatic heterocycles. The van der Waals surface area contributed by atoms with Crippen LogP contribution < -0.4 is 19.5 Å². The van der Waals surface area contributed by atoms with Crippen molar-refractivity contribution in [3.63, 3.8) is 0 Å². The number of nitrogens with one attached hydrogen (secondary N) is 1. The largest absolute Gasteiger partial charge is 0.496 e. The van der Waals surface area contributed by atoms with Gasteiger partial charge in [0.2, 0.25) is 5.91 Å². The van der Waals surface area contributed by atoms with Gasteiger partial charge in [0.15, 0.2) is 11.5 Å². The molecule has 1 N–H and O–H groups in total. The molecule has 128 valence electrons. The molecule has 0 unspecified atom stereocenters. The maximum atomic E-state index is 12.1. The van der Waals surface area contributed by atoms with Crippen LogP contribution in [0.2, 0.25) is 0 Å². The number of methoxy groups -OCH3 is 3. The molecule has 6 heteroatoms. The van der Waals surface area contributed by atoms with E-state index in [9.17, 15) is 4.79 Å². The number of carbonyl (C=O) groups excluding carboxylic acids is 1. The molecule has 2 aromatic carbocycles. The maximum Gasteiger partial charge on any atom is 0.248 e. The van der Waals surface area contributed by atoms with Crippen LogP contribution in [-0.4, -0.2) is 27.2 Å². The van der Waals surface area contributed by atoms with E-state index >= 15 is 0 Å². The highest BCUT2D eigenvalue weighted by Gasteiger charge is 2.10. The molecule has 0 bridgehead atoms. The van der Waals surface area contributed by atoms with Gasteiger partial charge >= 0.3 is 0 Å². The zero-order valence-corrected chi connectivity index (χ0v) is 14.2. The van der Waals surface area contributed by atoms with Crippen molar-refractivity contribution in [3.8, 4) is 23.3 Å². The Morgan fingerprint density at radius 2 is 1.72 bits per heavy atom. The van der Waals surface area contributed by atoms with Gasteiger partial charge in [-0.05, 0) is 30.3 Å². The summed E-state index contributed by atoms with van der Waals surface area (Å²) >= 11 is 0. The number of carbonyl (C=O) groups is 1. The topological polar surface area (TPSA) is 80.6 Å². The zero-order chi connectivity index (χ0) is 18.2. The van der Waals surface area contributed by atoms with Crippen LogP contribution in [0.1, 0.15) is 11.1 Å². The van der Waals surface area contributed by atoms with Gasteiger partial charge in [0, 0.05) is 23.4 Å². The summed E-state index contributed by atoms with van der Waals surface area (Å²) in [5.41, 5.74) is 1.69. The van der Waals surface area contributed by atoms with Crippen molar-refractivity contribution >= 4 is 17.7 Å². The van der Waals surface area contributed by atoms with Crippen LogP contribution in [-0.2, 0) is 4.79 Å². The van der Waals surface area contributed by atoms with Gasteiger partial charge in [0.1, 0.15) is 5.75 Å². The normalized spacial score (nSPS) is 10.2. The smallest absolute Gasteiger partial charge is 0.248 e. The number of ether oxygens (including phenoxy) is 3. The molecule has 0 saturated carbocycles. The summed E-state index contributed by atoms with van der Waals surface area (Å²) in [6.45, 7) is 0. The first-order valence-corrected chi connectivity index (χ1v) is 7.40. The Labute approximate surface area is 146 Å². The first kappa shape index (κ1) is 17.9. The standard InChI is InChI=1S/C19H18N2O4/c1-23-16-11-18(25-3)17(24-2)10-14(16)7-8-19(22)21-15-6-4-5-13(9-15)12-20/h4-11H,1-3H3,(H,21,22)/b8-7+. The average Bonchev–Trinajstić information content (AvgIpc) is 2.65. The number of anilines is 1. The molecule has 0 spiro atoms. The average molecular weight is 338 g/mol. The van der Waals surface area contributed by atoms with Crippen LogP contribution in [0, 0.1) is 11.3 Å². The number of nitriles is 1. The highest BCUT2D eigenvalue weighted by molar-refractivity contribution is 6.02. The number of hydrogen-bond donors (Lipinski definition) is 1. The van der Waals surface area contributed by atoms with Gasteiger partial charge in [-0.2, -0.15) is 5.26 Å². The van der Waals surface area contributed by atoms with E-state index in [-0.39, 0.29) is 5.91 Å².